The molecule has 6 heteroatoms. The van der Waals surface area contributed by atoms with E-state index in [9.17, 15) is 14.7 Å². The molecule has 25 heavy (non-hydrogen) atoms. The monoisotopic (exact) mass is 346 g/mol. The minimum absolute atomic E-state index is 0.268. The SMILES string of the molecule is COc1ccc(CNC(=O)[C@@H]2CC(C)=C(C)C[C@H]2C(=O)[O-])cc1OC. The summed E-state index contributed by atoms with van der Waals surface area (Å²) in [4.78, 5) is 23.9. The minimum Gasteiger partial charge on any atom is -0.550 e. The van der Waals surface area contributed by atoms with Gasteiger partial charge in [-0.3, -0.25) is 4.79 Å². The number of rotatable bonds is 6. The van der Waals surface area contributed by atoms with Crippen molar-refractivity contribution in [1.82, 2.24) is 5.32 Å². The van der Waals surface area contributed by atoms with E-state index in [0.29, 0.717) is 24.3 Å². The molecular weight excluding hydrogens is 322 g/mol. The zero-order valence-corrected chi connectivity index (χ0v) is 15.0. The summed E-state index contributed by atoms with van der Waals surface area (Å²) in [6.45, 7) is 4.13. The molecule has 136 valence electrons. The Balaban J connectivity index is 2.07. The summed E-state index contributed by atoms with van der Waals surface area (Å²) in [5.74, 6) is -1.64. The lowest BCUT2D eigenvalue weighted by atomic mass is 9.76. The first-order valence-electron chi connectivity index (χ1n) is 8.22. The number of aliphatic carboxylic acids is 1. The maximum atomic E-state index is 12.5. The van der Waals surface area contributed by atoms with Crippen LogP contribution in [0.4, 0.5) is 0 Å². The molecule has 0 unspecified atom stereocenters. The third kappa shape index (κ3) is 4.32. The van der Waals surface area contributed by atoms with Gasteiger partial charge in [0.1, 0.15) is 0 Å². The van der Waals surface area contributed by atoms with Gasteiger partial charge in [-0.15, -0.1) is 0 Å². The molecule has 0 spiro atoms. The molecule has 1 aromatic carbocycles. The number of methoxy groups -OCH3 is 2. The molecule has 1 aliphatic carbocycles. The van der Waals surface area contributed by atoms with Gasteiger partial charge < -0.3 is 24.7 Å². The molecule has 0 heterocycles. The van der Waals surface area contributed by atoms with Gasteiger partial charge in [0.25, 0.3) is 0 Å². The Labute approximate surface area is 147 Å². The van der Waals surface area contributed by atoms with Gasteiger partial charge >= 0.3 is 0 Å². The highest BCUT2D eigenvalue weighted by molar-refractivity contribution is 5.85. The van der Waals surface area contributed by atoms with Crippen LogP contribution in [0.15, 0.2) is 29.3 Å². The molecule has 0 radical (unpaired) electrons. The van der Waals surface area contributed by atoms with E-state index in [1.807, 2.05) is 19.9 Å². The molecule has 1 aromatic rings. The van der Waals surface area contributed by atoms with Gasteiger partial charge in [0.2, 0.25) is 5.91 Å². The van der Waals surface area contributed by atoms with Gasteiger partial charge in [0.15, 0.2) is 11.5 Å². The number of carbonyl (C=O) groups is 2. The van der Waals surface area contributed by atoms with E-state index in [4.69, 9.17) is 9.47 Å². The lowest BCUT2D eigenvalue weighted by Gasteiger charge is -2.32. The number of ether oxygens (including phenoxy) is 2. The van der Waals surface area contributed by atoms with E-state index >= 15 is 0 Å². The maximum absolute atomic E-state index is 12.5. The lowest BCUT2D eigenvalue weighted by Crippen LogP contribution is -2.44. The van der Waals surface area contributed by atoms with Gasteiger partial charge in [-0.25, -0.2) is 0 Å². The summed E-state index contributed by atoms with van der Waals surface area (Å²) in [7, 11) is 3.10. The van der Waals surface area contributed by atoms with Gasteiger partial charge in [-0.2, -0.15) is 0 Å². The topological polar surface area (TPSA) is 87.7 Å². The van der Waals surface area contributed by atoms with E-state index < -0.39 is 17.8 Å². The molecule has 2 atom stereocenters. The largest absolute Gasteiger partial charge is 0.550 e. The Hall–Kier alpha value is -2.50. The molecule has 0 fully saturated rings. The normalized spacial score (nSPS) is 20.2. The summed E-state index contributed by atoms with van der Waals surface area (Å²) in [6, 6.07) is 5.38. The van der Waals surface area contributed by atoms with Crippen molar-refractivity contribution in [2.75, 3.05) is 14.2 Å². The number of benzene rings is 1. The summed E-state index contributed by atoms with van der Waals surface area (Å²) in [5.41, 5.74) is 2.94. The van der Waals surface area contributed by atoms with Crippen molar-refractivity contribution in [3.63, 3.8) is 0 Å². The number of carboxylic acid groups (broad SMARTS) is 1. The second-order valence-corrected chi connectivity index (χ2v) is 6.41. The zero-order chi connectivity index (χ0) is 18.6. The quantitative estimate of drug-likeness (QED) is 0.788. The Morgan fingerprint density at radius 1 is 1.08 bits per heavy atom. The van der Waals surface area contributed by atoms with Crippen molar-refractivity contribution in [3.8, 4) is 11.5 Å². The number of amides is 1. The first kappa shape index (κ1) is 18.8. The minimum atomic E-state index is -1.17. The molecule has 0 saturated carbocycles. The maximum Gasteiger partial charge on any atom is 0.224 e. The number of hydrogen-bond donors (Lipinski definition) is 1. The van der Waals surface area contributed by atoms with E-state index in [-0.39, 0.29) is 12.5 Å². The fourth-order valence-electron chi connectivity index (χ4n) is 3.13. The predicted octanol–water partition coefficient (Wildman–Crippen LogP) is 1.43. The van der Waals surface area contributed by atoms with E-state index in [1.54, 1.807) is 26.4 Å². The number of allylic oxidation sites excluding steroid dienone is 2. The van der Waals surface area contributed by atoms with Crippen molar-refractivity contribution >= 4 is 11.9 Å². The zero-order valence-electron chi connectivity index (χ0n) is 15.0. The average molecular weight is 346 g/mol. The van der Waals surface area contributed by atoms with Crippen LogP contribution in [0.1, 0.15) is 32.3 Å². The Morgan fingerprint density at radius 2 is 1.68 bits per heavy atom. The van der Waals surface area contributed by atoms with Crippen LogP contribution in [0.25, 0.3) is 0 Å². The Kier molecular flexibility index (Phi) is 6.07. The molecule has 0 bridgehead atoms. The fourth-order valence-corrected chi connectivity index (χ4v) is 3.13. The third-order valence-corrected chi connectivity index (χ3v) is 4.82. The third-order valence-electron chi connectivity index (χ3n) is 4.82. The van der Waals surface area contributed by atoms with Crippen molar-refractivity contribution < 1.29 is 24.2 Å². The van der Waals surface area contributed by atoms with Crippen molar-refractivity contribution in [1.29, 1.82) is 0 Å². The van der Waals surface area contributed by atoms with Crippen LogP contribution in [0.5, 0.6) is 11.5 Å². The predicted molar refractivity (Wildman–Crippen MR) is 91.0 cm³/mol. The summed E-state index contributed by atoms with van der Waals surface area (Å²) in [5, 5.41) is 14.2. The summed E-state index contributed by atoms with van der Waals surface area (Å²) >= 11 is 0. The van der Waals surface area contributed by atoms with Crippen molar-refractivity contribution in [3.05, 3.63) is 34.9 Å². The van der Waals surface area contributed by atoms with Gasteiger partial charge in [0.05, 0.1) is 14.2 Å². The molecular formula is C19H24NO5-. The molecule has 0 saturated heterocycles. The lowest BCUT2D eigenvalue weighted by molar-refractivity contribution is -0.313. The standard InChI is InChI=1S/C19H25NO5/c1-11-7-14(15(19(22)23)8-12(11)2)18(21)20-10-13-5-6-16(24-3)17(9-13)25-4/h5-6,9,14-15H,7-8,10H2,1-4H3,(H,20,21)(H,22,23)/p-1/t14-,15-/m1/s1. The van der Waals surface area contributed by atoms with Crippen LogP contribution in [-0.4, -0.2) is 26.1 Å². The van der Waals surface area contributed by atoms with Gasteiger partial charge in [-0.05, 0) is 44.4 Å². The molecule has 6 nitrogen and oxygen atoms in total. The van der Waals surface area contributed by atoms with Crippen molar-refractivity contribution in [2.24, 2.45) is 11.8 Å². The van der Waals surface area contributed by atoms with E-state index in [0.717, 1.165) is 16.7 Å². The Morgan fingerprint density at radius 3 is 2.24 bits per heavy atom. The summed E-state index contributed by atoms with van der Waals surface area (Å²) < 4.78 is 10.4. The van der Waals surface area contributed by atoms with Gasteiger partial charge in [-0.1, -0.05) is 17.2 Å². The molecule has 1 aliphatic rings. The van der Waals surface area contributed by atoms with Crippen LogP contribution < -0.4 is 19.9 Å². The molecule has 0 aliphatic heterocycles. The van der Waals surface area contributed by atoms with Gasteiger partial charge in [0, 0.05) is 24.3 Å². The highest BCUT2D eigenvalue weighted by atomic mass is 16.5. The molecule has 1 N–H and O–H groups in total. The van der Waals surface area contributed by atoms with Crippen molar-refractivity contribution in [2.45, 2.75) is 33.2 Å². The summed E-state index contributed by atoms with van der Waals surface area (Å²) in [6.07, 6.45) is 0.810. The Bertz CT molecular complexity index is 695. The van der Waals surface area contributed by atoms with Crippen LogP contribution in [0, 0.1) is 11.8 Å². The molecule has 2 rings (SSSR count). The first-order valence-corrected chi connectivity index (χ1v) is 8.22. The first-order chi connectivity index (χ1) is 11.9. The van der Waals surface area contributed by atoms with E-state index in [2.05, 4.69) is 5.32 Å². The average Bonchev–Trinajstić information content (AvgIpc) is 2.60. The van der Waals surface area contributed by atoms with Crippen LogP contribution >= 0.6 is 0 Å². The second kappa shape index (κ2) is 8.05. The highest BCUT2D eigenvalue weighted by Gasteiger charge is 2.33. The number of nitrogens with one attached hydrogen (secondary N) is 1. The number of carboxylic acids is 1. The van der Waals surface area contributed by atoms with Crippen LogP contribution in [-0.2, 0) is 16.1 Å². The fraction of sp³-hybridized carbons (Fsp3) is 0.474. The van der Waals surface area contributed by atoms with E-state index in [1.165, 1.54) is 0 Å². The molecule has 1 amide bonds. The molecule has 0 aromatic heterocycles. The van der Waals surface area contributed by atoms with Crippen LogP contribution in [0.2, 0.25) is 0 Å². The number of hydrogen-bond acceptors (Lipinski definition) is 5. The highest BCUT2D eigenvalue weighted by Crippen LogP contribution is 2.34. The smallest absolute Gasteiger partial charge is 0.224 e. The van der Waals surface area contributed by atoms with Crippen LogP contribution in [0.3, 0.4) is 0 Å². The number of carbonyl (C=O) groups excluding carboxylic acids is 2. The second-order valence-electron chi connectivity index (χ2n) is 6.41.